The molecule has 0 saturated carbocycles. The number of oxime groups is 1. The summed E-state index contributed by atoms with van der Waals surface area (Å²) in [6, 6.07) is 2.43. The highest BCUT2D eigenvalue weighted by Gasteiger charge is 2.22. The first-order valence-electron chi connectivity index (χ1n) is 6.64. The van der Waals surface area contributed by atoms with Crippen molar-refractivity contribution < 1.29 is 14.0 Å². The van der Waals surface area contributed by atoms with E-state index < -0.39 is 17.0 Å². The van der Waals surface area contributed by atoms with Crippen LogP contribution in [0.25, 0.3) is 0 Å². The number of hydrogen-bond donors (Lipinski definition) is 3. The SMILES string of the molecule is CC(C)(CCCCNc1c(F)cc(Br)cc1F)C(N)=NO. The van der Waals surface area contributed by atoms with Crippen LogP contribution >= 0.6 is 15.9 Å². The van der Waals surface area contributed by atoms with Crippen molar-refractivity contribution in [1.82, 2.24) is 0 Å². The van der Waals surface area contributed by atoms with E-state index in [4.69, 9.17) is 10.9 Å². The second-order valence-electron chi connectivity index (χ2n) is 5.50. The molecular formula is C14H20BrF2N3O. The number of nitrogens with one attached hydrogen (secondary N) is 1. The molecule has 0 aliphatic carbocycles. The highest BCUT2D eigenvalue weighted by molar-refractivity contribution is 9.10. The van der Waals surface area contributed by atoms with Gasteiger partial charge in [-0.05, 0) is 25.0 Å². The Balaban J connectivity index is 2.42. The van der Waals surface area contributed by atoms with Crippen molar-refractivity contribution in [2.45, 2.75) is 33.1 Å². The van der Waals surface area contributed by atoms with Crippen molar-refractivity contribution in [3.05, 3.63) is 28.2 Å². The van der Waals surface area contributed by atoms with Crippen molar-refractivity contribution in [3.63, 3.8) is 0 Å². The summed E-state index contributed by atoms with van der Waals surface area (Å²) in [6.07, 6.45) is 2.23. The molecule has 0 bridgehead atoms. The largest absolute Gasteiger partial charge is 0.409 e. The maximum absolute atomic E-state index is 13.6. The van der Waals surface area contributed by atoms with Crippen LogP contribution in [0.2, 0.25) is 0 Å². The molecule has 7 heteroatoms. The van der Waals surface area contributed by atoms with Crippen LogP contribution in [-0.2, 0) is 0 Å². The Hall–Kier alpha value is -1.37. The molecule has 0 heterocycles. The van der Waals surface area contributed by atoms with E-state index in [1.54, 1.807) is 0 Å². The average Bonchev–Trinajstić information content (AvgIpc) is 2.39. The van der Waals surface area contributed by atoms with Gasteiger partial charge in [-0.15, -0.1) is 0 Å². The van der Waals surface area contributed by atoms with E-state index in [-0.39, 0.29) is 11.5 Å². The number of benzene rings is 1. The molecule has 0 atom stereocenters. The second kappa shape index (κ2) is 7.59. The summed E-state index contributed by atoms with van der Waals surface area (Å²) >= 11 is 3.03. The molecule has 0 aliphatic heterocycles. The van der Waals surface area contributed by atoms with Gasteiger partial charge in [0.2, 0.25) is 0 Å². The van der Waals surface area contributed by atoms with Crippen LogP contribution in [-0.4, -0.2) is 17.6 Å². The van der Waals surface area contributed by atoms with Crippen molar-refractivity contribution in [2.24, 2.45) is 16.3 Å². The van der Waals surface area contributed by atoms with Gasteiger partial charge in [-0.3, -0.25) is 0 Å². The molecule has 0 aliphatic rings. The van der Waals surface area contributed by atoms with Crippen molar-refractivity contribution in [2.75, 3.05) is 11.9 Å². The Bertz CT molecular complexity index is 498. The summed E-state index contributed by atoms with van der Waals surface area (Å²) < 4.78 is 27.5. The maximum Gasteiger partial charge on any atom is 0.150 e. The standard InChI is InChI=1S/C14H20BrF2N3O/c1-14(2,13(18)20-21)5-3-4-6-19-12-10(16)7-9(15)8-11(12)17/h7-8,19,21H,3-6H2,1-2H3,(H2,18,20). The third-order valence-electron chi connectivity index (χ3n) is 3.34. The molecule has 0 saturated heterocycles. The topological polar surface area (TPSA) is 70.6 Å². The zero-order valence-corrected chi connectivity index (χ0v) is 13.7. The quantitative estimate of drug-likeness (QED) is 0.224. The third-order valence-corrected chi connectivity index (χ3v) is 3.80. The number of halogens is 3. The molecule has 0 aromatic heterocycles. The highest BCUT2D eigenvalue weighted by atomic mass is 79.9. The van der Waals surface area contributed by atoms with Crippen LogP contribution in [0.15, 0.2) is 21.8 Å². The number of nitrogens with zero attached hydrogens (tertiary/aromatic N) is 1. The fourth-order valence-corrected chi connectivity index (χ4v) is 2.28. The van der Waals surface area contributed by atoms with Gasteiger partial charge in [0, 0.05) is 16.4 Å². The van der Waals surface area contributed by atoms with Crippen LogP contribution in [0.3, 0.4) is 0 Å². The molecule has 0 spiro atoms. The number of rotatable bonds is 7. The fourth-order valence-electron chi connectivity index (χ4n) is 1.88. The van der Waals surface area contributed by atoms with E-state index in [2.05, 4.69) is 26.4 Å². The molecule has 118 valence electrons. The lowest BCUT2D eigenvalue weighted by Gasteiger charge is -2.22. The minimum atomic E-state index is -0.626. The molecule has 0 unspecified atom stereocenters. The summed E-state index contributed by atoms with van der Waals surface area (Å²) in [7, 11) is 0. The van der Waals surface area contributed by atoms with Crippen LogP contribution < -0.4 is 11.1 Å². The first-order chi connectivity index (χ1) is 9.77. The third kappa shape index (κ3) is 5.15. The Kier molecular flexibility index (Phi) is 6.39. The predicted molar refractivity (Wildman–Crippen MR) is 83.6 cm³/mol. The van der Waals surface area contributed by atoms with Crippen molar-refractivity contribution in [3.8, 4) is 0 Å². The minimum Gasteiger partial charge on any atom is -0.409 e. The number of amidine groups is 1. The average molecular weight is 364 g/mol. The van der Waals surface area contributed by atoms with Gasteiger partial charge in [0.15, 0.2) is 0 Å². The monoisotopic (exact) mass is 363 g/mol. The minimum absolute atomic E-state index is 0.117. The molecule has 21 heavy (non-hydrogen) atoms. The van der Waals surface area contributed by atoms with E-state index in [0.717, 1.165) is 19.3 Å². The van der Waals surface area contributed by atoms with E-state index in [1.807, 2.05) is 13.8 Å². The van der Waals surface area contributed by atoms with Gasteiger partial charge in [0.25, 0.3) is 0 Å². The van der Waals surface area contributed by atoms with Gasteiger partial charge in [-0.2, -0.15) is 0 Å². The lowest BCUT2D eigenvalue weighted by Crippen LogP contribution is -2.31. The predicted octanol–water partition coefficient (Wildman–Crippen LogP) is 4.08. The van der Waals surface area contributed by atoms with Gasteiger partial charge in [0.1, 0.15) is 23.2 Å². The number of nitrogens with two attached hydrogens (primary N) is 1. The summed E-state index contributed by atoms with van der Waals surface area (Å²) in [5.74, 6) is -1.07. The lowest BCUT2D eigenvalue weighted by molar-refractivity contribution is 0.304. The summed E-state index contributed by atoms with van der Waals surface area (Å²) in [4.78, 5) is 0. The van der Waals surface area contributed by atoms with Gasteiger partial charge in [0.05, 0.1) is 0 Å². The first kappa shape index (κ1) is 17.7. The van der Waals surface area contributed by atoms with E-state index in [9.17, 15) is 8.78 Å². The van der Waals surface area contributed by atoms with Gasteiger partial charge < -0.3 is 16.3 Å². The smallest absolute Gasteiger partial charge is 0.150 e. The summed E-state index contributed by atoms with van der Waals surface area (Å²) in [5.41, 5.74) is 5.07. The molecule has 1 aromatic carbocycles. The normalized spacial score (nSPS) is 12.5. The first-order valence-corrected chi connectivity index (χ1v) is 7.43. The van der Waals surface area contributed by atoms with Crippen LogP contribution in [0.4, 0.5) is 14.5 Å². The van der Waals surface area contributed by atoms with Crippen LogP contribution in [0.1, 0.15) is 33.1 Å². The maximum atomic E-state index is 13.6. The summed E-state index contributed by atoms with van der Waals surface area (Å²) in [5, 5.41) is 14.4. The molecule has 1 rings (SSSR count). The zero-order valence-electron chi connectivity index (χ0n) is 12.1. The summed E-state index contributed by atoms with van der Waals surface area (Å²) in [6.45, 7) is 4.20. The van der Waals surface area contributed by atoms with Gasteiger partial charge >= 0.3 is 0 Å². The highest BCUT2D eigenvalue weighted by Crippen LogP contribution is 2.25. The Morgan fingerprint density at radius 3 is 2.43 bits per heavy atom. The molecule has 4 nitrogen and oxygen atoms in total. The second-order valence-corrected chi connectivity index (χ2v) is 6.41. The van der Waals surface area contributed by atoms with Crippen LogP contribution in [0, 0.1) is 17.0 Å². The molecule has 1 aromatic rings. The Labute approximate surface area is 131 Å². The van der Waals surface area contributed by atoms with Gasteiger partial charge in [-0.25, -0.2) is 8.78 Å². The van der Waals surface area contributed by atoms with Gasteiger partial charge in [-0.1, -0.05) is 41.4 Å². The molecular weight excluding hydrogens is 344 g/mol. The molecule has 0 radical (unpaired) electrons. The molecule has 4 N–H and O–H groups in total. The van der Waals surface area contributed by atoms with E-state index >= 15 is 0 Å². The molecule has 0 amide bonds. The molecule has 0 fully saturated rings. The van der Waals surface area contributed by atoms with E-state index in [1.165, 1.54) is 12.1 Å². The Morgan fingerprint density at radius 2 is 1.90 bits per heavy atom. The Morgan fingerprint density at radius 1 is 1.33 bits per heavy atom. The number of hydrogen-bond acceptors (Lipinski definition) is 3. The van der Waals surface area contributed by atoms with Crippen molar-refractivity contribution >= 4 is 27.5 Å². The zero-order chi connectivity index (χ0) is 16.0. The van der Waals surface area contributed by atoms with E-state index in [0.29, 0.717) is 11.0 Å². The van der Waals surface area contributed by atoms with Crippen LogP contribution in [0.5, 0.6) is 0 Å². The fraction of sp³-hybridized carbons (Fsp3) is 0.500. The van der Waals surface area contributed by atoms with Crippen molar-refractivity contribution in [1.29, 1.82) is 0 Å². The number of unbranched alkanes of at least 4 members (excludes halogenated alkanes) is 1. The number of anilines is 1. The lowest BCUT2D eigenvalue weighted by atomic mass is 9.86.